The molecule has 1 fully saturated rings. The molecule has 8 heteroatoms. The summed E-state index contributed by atoms with van der Waals surface area (Å²) >= 11 is 7.59. The van der Waals surface area contributed by atoms with Crippen LogP contribution >= 0.6 is 22.9 Å². The number of carbonyl (C=O) groups is 2. The topological polar surface area (TPSA) is 79.7 Å². The first-order valence-corrected chi connectivity index (χ1v) is 12.2. The maximum Gasteiger partial charge on any atom is 0.301 e. The van der Waals surface area contributed by atoms with E-state index in [-0.39, 0.29) is 11.3 Å². The molecule has 1 aromatic heterocycles. The van der Waals surface area contributed by atoms with Gasteiger partial charge in [-0.05, 0) is 73.5 Å². The number of fused-ring (bicyclic) bond motifs is 1. The fraction of sp³-hybridized carbons (Fsp3) is 0.148. The van der Waals surface area contributed by atoms with Gasteiger partial charge in [0, 0.05) is 10.6 Å². The fourth-order valence-corrected chi connectivity index (χ4v) is 5.46. The van der Waals surface area contributed by atoms with E-state index in [0.717, 1.165) is 15.8 Å². The standard InChI is InChI=1S/C27H21ClN2O4S/c1-3-34-19-10-8-16(9-11-19)24(31)22-23(17-5-4-6-18(28)14-17)30(26(33)25(22)32)27-29-20-12-7-15(2)13-21(20)35-27/h4-14,23,31H,3H2,1-2H3. The number of ether oxygens (including phenoxy) is 1. The number of nitrogens with zero attached hydrogens (tertiary/aromatic N) is 2. The van der Waals surface area contributed by atoms with E-state index >= 15 is 0 Å². The van der Waals surface area contributed by atoms with Crippen LogP contribution in [0.25, 0.3) is 16.0 Å². The molecule has 4 aromatic rings. The van der Waals surface area contributed by atoms with E-state index < -0.39 is 17.7 Å². The molecule has 0 spiro atoms. The molecule has 1 saturated heterocycles. The number of carbonyl (C=O) groups excluding carboxylic acids is 2. The van der Waals surface area contributed by atoms with Gasteiger partial charge in [0.1, 0.15) is 11.5 Å². The number of benzene rings is 3. The molecule has 1 unspecified atom stereocenters. The number of rotatable bonds is 5. The predicted molar refractivity (Wildman–Crippen MR) is 138 cm³/mol. The van der Waals surface area contributed by atoms with E-state index in [2.05, 4.69) is 4.98 Å². The number of anilines is 1. The van der Waals surface area contributed by atoms with Crippen LogP contribution in [0.15, 0.2) is 72.3 Å². The zero-order chi connectivity index (χ0) is 24.7. The summed E-state index contributed by atoms with van der Waals surface area (Å²) in [7, 11) is 0. The second-order valence-corrected chi connectivity index (χ2v) is 9.59. The normalized spacial score (nSPS) is 17.3. The molecule has 1 N–H and O–H groups in total. The molecule has 1 amide bonds. The Balaban J connectivity index is 1.69. The van der Waals surface area contributed by atoms with E-state index in [1.165, 1.54) is 16.2 Å². The fourth-order valence-electron chi connectivity index (χ4n) is 4.18. The second-order valence-electron chi connectivity index (χ2n) is 8.15. The van der Waals surface area contributed by atoms with Crippen molar-refractivity contribution in [2.75, 3.05) is 11.5 Å². The van der Waals surface area contributed by atoms with Gasteiger partial charge in [0.25, 0.3) is 5.78 Å². The number of amides is 1. The molecule has 2 heterocycles. The molecule has 0 radical (unpaired) electrons. The molecular weight excluding hydrogens is 484 g/mol. The van der Waals surface area contributed by atoms with E-state index in [1.807, 2.05) is 32.0 Å². The Morgan fingerprint density at radius 2 is 1.89 bits per heavy atom. The average molecular weight is 505 g/mol. The van der Waals surface area contributed by atoms with E-state index in [0.29, 0.717) is 33.6 Å². The van der Waals surface area contributed by atoms with Crippen LogP contribution in [0.2, 0.25) is 5.02 Å². The van der Waals surface area contributed by atoms with Gasteiger partial charge in [0.15, 0.2) is 5.13 Å². The van der Waals surface area contributed by atoms with Crippen molar-refractivity contribution in [3.05, 3.63) is 94.0 Å². The van der Waals surface area contributed by atoms with Gasteiger partial charge >= 0.3 is 5.91 Å². The van der Waals surface area contributed by atoms with Crippen LogP contribution < -0.4 is 9.64 Å². The molecule has 5 rings (SSSR count). The number of halogens is 1. The molecule has 176 valence electrons. The Morgan fingerprint density at radius 1 is 1.11 bits per heavy atom. The predicted octanol–water partition coefficient (Wildman–Crippen LogP) is 6.28. The van der Waals surface area contributed by atoms with Gasteiger partial charge in [0.2, 0.25) is 0 Å². The minimum absolute atomic E-state index is 0.0168. The maximum atomic E-state index is 13.3. The first-order chi connectivity index (χ1) is 16.9. The third-order valence-corrected chi connectivity index (χ3v) is 7.04. The molecule has 3 aromatic carbocycles. The monoisotopic (exact) mass is 504 g/mol. The highest BCUT2D eigenvalue weighted by Gasteiger charge is 2.48. The van der Waals surface area contributed by atoms with Crippen LogP contribution in [0.1, 0.15) is 29.7 Å². The molecule has 6 nitrogen and oxygen atoms in total. The van der Waals surface area contributed by atoms with Gasteiger partial charge in [-0.25, -0.2) is 4.98 Å². The molecule has 0 bridgehead atoms. The van der Waals surface area contributed by atoms with E-state index in [9.17, 15) is 14.7 Å². The Morgan fingerprint density at radius 3 is 2.60 bits per heavy atom. The summed E-state index contributed by atoms with van der Waals surface area (Å²) in [6.07, 6.45) is 0. The molecule has 1 aliphatic rings. The lowest BCUT2D eigenvalue weighted by Crippen LogP contribution is -2.29. The van der Waals surface area contributed by atoms with E-state index in [4.69, 9.17) is 16.3 Å². The van der Waals surface area contributed by atoms with Gasteiger partial charge < -0.3 is 9.84 Å². The number of aryl methyl sites for hydroxylation is 1. The summed E-state index contributed by atoms with van der Waals surface area (Å²) in [6.45, 7) is 4.37. The Bertz CT molecular complexity index is 1490. The largest absolute Gasteiger partial charge is 0.507 e. The lowest BCUT2D eigenvalue weighted by Gasteiger charge is -2.23. The number of hydrogen-bond donors (Lipinski definition) is 1. The van der Waals surface area contributed by atoms with Gasteiger partial charge in [-0.15, -0.1) is 0 Å². The number of aliphatic hydroxyl groups is 1. The smallest absolute Gasteiger partial charge is 0.301 e. The van der Waals surface area contributed by atoms with Crippen molar-refractivity contribution >= 4 is 55.7 Å². The number of hydrogen-bond acceptors (Lipinski definition) is 6. The lowest BCUT2D eigenvalue weighted by atomic mass is 9.95. The van der Waals surface area contributed by atoms with Crippen molar-refractivity contribution in [2.45, 2.75) is 19.9 Å². The molecule has 0 aliphatic carbocycles. The number of aromatic nitrogens is 1. The molecule has 35 heavy (non-hydrogen) atoms. The van der Waals surface area contributed by atoms with Gasteiger partial charge in [-0.1, -0.05) is 41.1 Å². The van der Waals surface area contributed by atoms with Gasteiger partial charge in [-0.3, -0.25) is 14.5 Å². The summed E-state index contributed by atoms with van der Waals surface area (Å²) in [6, 6.07) is 18.6. The zero-order valence-corrected chi connectivity index (χ0v) is 20.6. The first-order valence-electron chi connectivity index (χ1n) is 11.0. The van der Waals surface area contributed by atoms with Crippen LogP contribution in [-0.2, 0) is 9.59 Å². The van der Waals surface area contributed by atoms with Crippen molar-refractivity contribution in [2.24, 2.45) is 0 Å². The Hall–Kier alpha value is -3.68. The lowest BCUT2D eigenvalue weighted by molar-refractivity contribution is -0.132. The quantitative estimate of drug-likeness (QED) is 0.196. The highest BCUT2D eigenvalue weighted by atomic mass is 35.5. The summed E-state index contributed by atoms with van der Waals surface area (Å²) in [4.78, 5) is 32.7. The van der Waals surface area contributed by atoms with Crippen LogP contribution in [0.4, 0.5) is 5.13 Å². The third kappa shape index (κ3) is 4.17. The summed E-state index contributed by atoms with van der Waals surface area (Å²) in [5, 5.41) is 12.1. The van der Waals surface area contributed by atoms with Crippen molar-refractivity contribution in [1.82, 2.24) is 4.98 Å². The zero-order valence-electron chi connectivity index (χ0n) is 19.0. The van der Waals surface area contributed by atoms with Crippen LogP contribution in [0, 0.1) is 6.92 Å². The number of Topliss-reactive ketones (excluding diaryl/α,β-unsaturated/α-hetero) is 1. The maximum absolute atomic E-state index is 13.3. The molecule has 1 aliphatic heterocycles. The van der Waals surface area contributed by atoms with Crippen molar-refractivity contribution in [3.8, 4) is 5.75 Å². The van der Waals surface area contributed by atoms with Crippen LogP contribution in [-0.4, -0.2) is 28.4 Å². The minimum atomic E-state index is -0.887. The molecular formula is C27H21ClN2O4S. The number of ketones is 1. The summed E-state index contributed by atoms with van der Waals surface area (Å²) < 4.78 is 6.37. The van der Waals surface area contributed by atoms with E-state index in [1.54, 1.807) is 48.5 Å². The minimum Gasteiger partial charge on any atom is -0.507 e. The summed E-state index contributed by atoms with van der Waals surface area (Å²) in [5.41, 5.74) is 2.78. The second kappa shape index (κ2) is 9.17. The van der Waals surface area contributed by atoms with Crippen molar-refractivity contribution < 1.29 is 19.4 Å². The SMILES string of the molecule is CCOc1ccc(C(O)=C2C(=O)C(=O)N(c3nc4ccc(C)cc4s3)C2c2cccc(Cl)c2)cc1. The highest BCUT2D eigenvalue weighted by Crippen LogP contribution is 2.44. The van der Waals surface area contributed by atoms with Gasteiger partial charge in [-0.2, -0.15) is 0 Å². The van der Waals surface area contributed by atoms with Crippen LogP contribution in [0.5, 0.6) is 5.75 Å². The average Bonchev–Trinajstić information content (AvgIpc) is 3.37. The number of thiazole rings is 1. The van der Waals surface area contributed by atoms with Crippen molar-refractivity contribution in [3.63, 3.8) is 0 Å². The first kappa shape index (κ1) is 23.1. The third-order valence-electron chi connectivity index (χ3n) is 5.79. The number of aliphatic hydroxyl groups excluding tert-OH is 1. The highest BCUT2D eigenvalue weighted by molar-refractivity contribution is 7.22. The summed E-state index contributed by atoms with van der Waals surface area (Å²) in [5.74, 6) is -1.16. The van der Waals surface area contributed by atoms with Crippen molar-refractivity contribution in [1.29, 1.82) is 0 Å². The Labute approximate surface area is 211 Å². The Kier molecular flexibility index (Phi) is 6.05. The van der Waals surface area contributed by atoms with Crippen LogP contribution in [0.3, 0.4) is 0 Å². The molecule has 0 saturated carbocycles. The van der Waals surface area contributed by atoms with Gasteiger partial charge in [0.05, 0.1) is 28.4 Å². The molecule has 1 atom stereocenters.